The number of alkyl halides is 2. The van der Waals surface area contributed by atoms with E-state index in [1.54, 1.807) is 19.2 Å². The normalized spacial score (nSPS) is 21.5. The molecule has 3 aliphatic heterocycles. The molecular weight excluding hydrogens is 553 g/mol. The van der Waals surface area contributed by atoms with E-state index in [0.29, 0.717) is 22.6 Å². The van der Waals surface area contributed by atoms with E-state index in [-0.39, 0.29) is 40.5 Å². The van der Waals surface area contributed by atoms with Gasteiger partial charge in [0, 0.05) is 35.8 Å². The summed E-state index contributed by atoms with van der Waals surface area (Å²) in [6.45, 7) is 2.03. The summed E-state index contributed by atoms with van der Waals surface area (Å²) >= 11 is 6.54. The highest BCUT2D eigenvalue weighted by Gasteiger charge is 2.47. The molecule has 3 fully saturated rings. The number of nitrogens with zero attached hydrogens (tertiary/aromatic N) is 5. The maximum Gasteiger partial charge on any atom is 0.319 e. The van der Waals surface area contributed by atoms with Crippen molar-refractivity contribution < 1.29 is 17.9 Å². The minimum Gasteiger partial charge on any atom is -0.461 e. The molecule has 1 N–H and O–H groups in total. The maximum atomic E-state index is 16.5. The van der Waals surface area contributed by atoms with Gasteiger partial charge >= 0.3 is 6.01 Å². The average Bonchev–Trinajstić information content (AvgIpc) is 3.65. The molecule has 1 atom stereocenters. The lowest BCUT2D eigenvalue weighted by molar-refractivity contribution is 0.00676. The molecule has 3 saturated heterocycles. The van der Waals surface area contributed by atoms with E-state index < -0.39 is 24.3 Å². The largest absolute Gasteiger partial charge is 0.461 e. The second kappa shape index (κ2) is 9.96. The summed E-state index contributed by atoms with van der Waals surface area (Å²) in [6.07, 6.45) is 5.66. The van der Waals surface area contributed by atoms with Gasteiger partial charge in [0.2, 0.25) is 0 Å². The topological polar surface area (TPSA) is 66.4 Å². The van der Waals surface area contributed by atoms with E-state index in [0.717, 1.165) is 44.2 Å². The van der Waals surface area contributed by atoms with Crippen LogP contribution in [0, 0.1) is 5.82 Å². The molecule has 0 amide bonds. The van der Waals surface area contributed by atoms with Crippen LogP contribution in [0.2, 0.25) is 5.02 Å². The summed E-state index contributed by atoms with van der Waals surface area (Å²) in [5.74, 6) is -3.53. The average molecular weight is 583 g/mol. The van der Waals surface area contributed by atoms with Crippen molar-refractivity contribution in [3.05, 3.63) is 53.4 Å². The van der Waals surface area contributed by atoms with Crippen LogP contribution in [0.3, 0.4) is 0 Å². The number of benzene rings is 2. The Hall–Kier alpha value is -3.21. The molecular formula is C30H30ClF3N6O. The fraction of sp³-hybridized carbons (Fsp3) is 0.433. The number of nitrogens with one attached hydrogen (secondary N) is 1. The van der Waals surface area contributed by atoms with Crippen LogP contribution >= 0.6 is 11.6 Å². The van der Waals surface area contributed by atoms with Crippen molar-refractivity contribution in [1.82, 2.24) is 25.2 Å². The highest BCUT2D eigenvalue weighted by molar-refractivity contribution is 6.36. The predicted molar refractivity (Wildman–Crippen MR) is 154 cm³/mol. The molecule has 41 heavy (non-hydrogen) atoms. The van der Waals surface area contributed by atoms with Crippen LogP contribution in [0.15, 0.2) is 42.6 Å². The lowest BCUT2D eigenvalue weighted by Crippen LogP contribution is -2.46. The zero-order valence-electron chi connectivity index (χ0n) is 22.6. The third-order valence-corrected chi connectivity index (χ3v) is 9.34. The van der Waals surface area contributed by atoms with Crippen molar-refractivity contribution >= 4 is 39.1 Å². The van der Waals surface area contributed by atoms with Crippen LogP contribution in [0.1, 0.15) is 25.7 Å². The molecule has 2 aromatic carbocycles. The van der Waals surface area contributed by atoms with Gasteiger partial charge in [0.05, 0.1) is 17.5 Å². The SMILES string of the molecule is CN(c1nc(OCC23CCCN2CCC3)nc2c(F)c(-c3cccc4cccc(Cl)c34)ncc12)C1CNCC1(F)F. The number of pyridine rings is 1. The number of hydrogen-bond acceptors (Lipinski definition) is 7. The quantitative estimate of drug-likeness (QED) is 0.313. The van der Waals surface area contributed by atoms with Gasteiger partial charge in [0.25, 0.3) is 5.92 Å². The third-order valence-electron chi connectivity index (χ3n) is 9.02. The summed E-state index contributed by atoms with van der Waals surface area (Å²) in [6, 6.07) is 9.75. The van der Waals surface area contributed by atoms with Gasteiger partial charge in [-0.2, -0.15) is 9.97 Å². The highest BCUT2D eigenvalue weighted by Crippen LogP contribution is 2.41. The van der Waals surface area contributed by atoms with Crippen molar-refractivity contribution in [3.8, 4) is 17.3 Å². The van der Waals surface area contributed by atoms with E-state index >= 15 is 4.39 Å². The molecule has 0 spiro atoms. The molecule has 0 bridgehead atoms. The Morgan fingerprint density at radius 2 is 1.88 bits per heavy atom. The van der Waals surface area contributed by atoms with Crippen molar-refractivity contribution in [2.24, 2.45) is 0 Å². The minimum absolute atomic E-state index is 0.0336. The van der Waals surface area contributed by atoms with E-state index in [4.69, 9.17) is 16.3 Å². The number of halogens is 4. The van der Waals surface area contributed by atoms with E-state index in [1.807, 2.05) is 24.3 Å². The minimum atomic E-state index is -2.99. The Kier molecular flexibility index (Phi) is 6.48. The van der Waals surface area contributed by atoms with Crippen LogP contribution < -0.4 is 15.0 Å². The molecule has 5 heterocycles. The van der Waals surface area contributed by atoms with Crippen LogP contribution in [0.25, 0.3) is 32.9 Å². The number of rotatable bonds is 6. The van der Waals surface area contributed by atoms with Gasteiger partial charge in [0.15, 0.2) is 5.82 Å². The van der Waals surface area contributed by atoms with Crippen LogP contribution in [-0.4, -0.2) is 77.2 Å². The molecule has 0 aliphatic carbocycles. The first-order valence-corrected chi connectivity index (χ1v) is 14.4. The number of ether oxygens (including phenoxy) is 1. The highest BCUT2D eigenvalue weighted by atomic mass is 35.5. The summed E-state index contributed by atoms with van der Waals surface area (Å²) < 4.78 is 52.3. The first kappa shape index (κ1) is 26.7. The Bertz CT molecular complexity index is 1640. The standard InChI is InChI=1S/C30H30ClF3N6O/c1-39(22-15-35-16-30(22,33)34)27-20-14-36-25(19-8-2-6-18-7-3-9-21(31)23(18)19)24(32)26(20)37-28(38-27)41-17-29-10-4-12-40(29)13-5-11-29/h2-3,6-9,14,22,35H,4-5,10-13,15-17H2,1H3. The van der Waals surface area contributed by atoms with E-state index in [2.05, 4.69) is 25.2 Å². The summed E-state index contributed by atoms with van der Waals surface area (Å²) in [4.78, 5) is 17.4. The zero-order valence-corrected chi connectivity index (χ0v) is 23.4. The van der Waals surface area contributed by atoms with E-state index in [1.165, 1.54) is 11.1 Å². The van der Waals surface area contributed by atoms with Gasteiger partial charge in [-0.25, -0.2) is 13.2 Å². The predicted octanol–water partition coefficient (Wildman–Crippen LogP) is 5.69. The lowest BCUT2D eigenvalue weighted by atomic mass is 9.95. The maximum absolute atomic E-state index is 16.5. The van der Waals surface area contributed by atoms with Gasteiger partial charge in [-0.1, -0.05) is 41.9 Å². The van der Waals surface area contributed by atoms with Gasteiger partial charge in [0.1, 0.15) is 29.7 Å². The number of anilines is 1. The smallest absolute Gasteiger partial charge is 0.319 e. The molecule has 214 valence electrons. The van der Waals surface area contributed by atoms with Crippen LogP contribution in [0.5, 0.6) is 6.01 Å². The first-order chi connectivity index (χ1) is 19.8. The van der Waals surface area contributed by atoms with Crippen molar-refractivity contribution in [1.29, 1.82) is 0 Å². The van der Waals surface area contributed by atoms with Crippen LogP contribution in [-0.2, 0) is 0 Å². The molecule has 0 saturated carbocycles. The van der Waals surface area contributed by atoms with Crippen molar-refractivity contribution in [2.45, 2.75) is 43.2 Å². The molecule has 7 nitrogen and oxygen atoms in total. The first-order valence-electron chi connectivity index (χ1n) is 14.0. The molecule has 1 unspecified atom stereocenters. The molecule has 3 aliphatic rings. The third kappa shape index (κ3) is 4.38. The molecule has 7 rings (SSSR count). The van der Waals surface area contributed by atoms with Crippen LogP contribution in [0.4, 0.5) is 19.0 Å². The Balaban J connectivity index is 1.36. The molecule has 4 aromatic rings. The Morgan fingerprint density at radius 3 is 2.61 bits per heavy atom. The second-order valence-corrected chi connectivity index (χ2v) is 11.8. The Labute approximate surface area is 240 Å². The Morgan fingerprint density at radius 1 is 1.12 bits per heavy atom. The molecule has 11 heteroatoms. The van der Waals surface area contributed by atoms with Gasteiger partial charge in [-0.15, -0.1) is 0 Å². The van der Waals surface area contributed by atoms with Crippen molar-refractivity contribution in [2.75, 3.05) is 44.7 Å². The van der Waals surface area contributed by atoms with E-state index in [9.17, 15) is 8.78 Å². The summed E-state index contributed by atoms with van der Waals surface area (Å²) in [7, 11) is 1.54. The second-order valence-electron chi connectivity index (χ2n) is 11.4. The number of hydrogen-bond donors (Lipinski definition) is 1. The summed E-state index contributed by atoms with van der Waals surface area (Å²) in [5, 5.41) is 4.97. The van der Waals surface area contributed by atoms with Gasteiger partial charge < -0.3 is 15.0 Å². The number of aromatic nitrogens is 3. The van der Waals surface area contributed by atoms with Gasteiger partial charge in [-0.3, -0.25) is 9.88 Å². The van der Waals surface area contributed by atoms with Crippen molar-refractivity contribution in [3.63, 3.8) is 0 Å². The zero-order chi connectivity index (χ0) is 28.4. The number of likely N-dealkylation sites (N-methyl/N-ethyl adjacent to an activating group) is 1. The number of fused-ring (bicyclic) bond motifs is 3. The fourth-order valence-corrected chi connectivity index (χ4v) is 7.19. The molecule has 0 radical (unpaired) electrons. The fourth-order valence-electron chi connectivity index (χ4n) is 6.91. The summed E-state index contributed by atoms with van der Waals surface area (Å²) in [5.41, 5.74) is 0.460. The molecule has 2 aromatic heterocycles. The monoisotopic (exact) mass is 582 g/mol. The van der Waals surface area contributed by atoms with Gasteiger partial charge in [-0.05, 0) is 50.2 Å². The lowest BCUT2D eigenvalue weighted by Gasteiger charge is -2.32.